The van der Waals surface area contributed by atoms with Gasteiger partial charge in [-0.25, -0.2) is 4.39 Å². The van der Waals surface area contributed by atoms with Gasteiger partial charge < -0.3 is 11.1 Å². The highest BCUT2D eigenvalue weighted by atomic mass is 32.5. The van der Waals surface area contributed by atoms with Crippen LogP contribution < -0.4 is 11.1 Å². The lowest BCUT2D eigenvalue weighted by molar-refractivity contribution is -0.121. The minimum absolute atomic E-state index is 0.0422. The van der Waals surface area contributed by atoms with E-state index in [1.807, 2.05) is 0 Å². The molecule has 3 nitrogen and oxygen atoms in total. The Labute approximate surface area is 134 Å². The van der Waals surface area contributed by atoms with Crippen LogP contribution in [-0.2, 0) is 4.79 Å². The van der Waals surface area contributed by atoms with Gasteiger partial charge in [-0.05, 0) is 49.3 Å². The average Bonchev–Trinajstić information content (AvgIpc) is 2.98. The second-order valence-electron chi connectivity index (χ2n) is 6.54. The van der Waals surface area contributed by atoms with E-state index < -0.39 is 44.5 Å². The van der Waals surface area contributed by atoms with Gasteiger partial charge in [0.2, 0.25) is 5.91 Å². The molecule has 2 bridgehead atoms. The largest absolute Gasteiger partial charge is 0.327 e. The van der Waals surface area contributed by atoms with E-state index in [0.717, 1.165) is 25.3 Å². The fraction of sp³-hybridized carbons (Fsp3) is 0.500. The van der Waals surface area contributed by atoms with Crippen LogP contribution in [0, 0.1) is 23.6 Å². The Bertz CT molecular complexity index is 705. The number of carbonyl (C=O) groups is 1. The highest BCUT2D eigenvalue weighted by Crippen LogP contribution is 3.02. The smallest absolute Gasteiger partial charge is 0.313 e. The SMILES string of the molecule is N[C@H]1[C@H]2CC[C@H](C2)[C@H]1C(=O)Nc1ccc(F)c(S(F)(F)(F)(F)F)c1. The Kier molecular flexibility index (Phi) is 3.34. The van der Waals surface area contributed by atoms with E-state index in [1.54, 1.807) is 0 Å². The van der Waals surface area contributed by atoms with Crippen molar-refractivity contribution < 1.29 is 28.6 Å². The number of nitrogens with one attached hydrogen (secondary N) is 1. The third kappa shape index (κ3) is 3.08. The summed E-state index contributed by atoms with van der Waals surface area (Å²) in [7, 11) is -10.2. The standard InChI is InChI=1S/C14H16F6N2OS/c15-10-4-3-9(6-11(10)24(16,17,18,19)20)22-14(23)12-7-1-2-8(5-7)13(12)21/h3-4,6-8,12-13H,1-2,5,21H2,(H,22,23)/t7-,8+,12-,13+/m1/s1. The maximum atomic E-state index is 13.3. The van der Waals surface area contributed by atoms with Crippen molar-refractivity contribution in [2.75, 3.05) is 5.32 Å². The first kappa shape index (κ1) is 17.4. The molecule has 1 aromatic carbocycles. The van der Waals surface area contributed by atoms with Crippen molar-refractivity contribution in [1.82, 2.24) is 0 Å². The van der Waals surface area contributed by atoms with Gasteiger partial charge in [0, 0.05) is 11.7 Å². The van der Waals surface area contributed by atoms with E-state index >= 15 is 0 Å². The van der Waals surface area contributed by atoms with Gasteiger partial charge in [0.25, 0.3) is 0 Å². The molecule has 10 heteroatoms. The molecule has 3 N–H and O–H groups in total. The number of amides is 1. The molecule has 2 aliphatic rings. The average molecular weight is 374 g/mol. The molecule has 0 aromatic heterocycles. The third-order valence-electron chi connectivity index (χ3n) is 4.90. The van der Waals surface area contributed by atoms with Gasteiger partial charge in [0.05, 0.1) is 5.92 Å². The molecule has 2 aliphatic carbocycles. The van der Waals surface area contributed by atoms with Crippen LogP contribution in [0.4, 0.5) is 29.5 Å². The molecule has 0 spiro atoms. The lowest BCUT2D eigenvalue weighted by Gasteiger charge is -2.40. The second-order valence-corrected chi connectivity index (χ2v) is 8.92. The lowest BCUT2D eigenvalue weighted by Crippen LogP contribution is -2.42. The summed E-state index contributed by atoms with van der Waals surface area (Å²) in [4.78, 5) is 9.64. The minimum Gasteiger partial charge on any atom is -0.327 e. The fourth-order valence-corrected chi connectivity index (χ4v) is 4.61. The molecule has 2 saturated carbocycles. The van der Waals surface area contributed by atoms with Gasteiger partial charge in [-0.1, -0.05) is 19.4 Å². The predicted octanol–water partition coefficient (Wildman–Crippen LogP) is 4.80. The van der Waals surface area contributed by atoms with Gasteiger partial charge in [0.1, 0.15) is 10.7 Å². The Morgan fingerprint density at radius 3 is 2.29 bits per heavy atom. The van der Waals surface area contributed by atoms with E-state index in [9.17, 15) is 28.6 Å². The maximum absolute atomic E-state index is 13.3. The van der Waals surface area contributed by atoms with Crippen LogP contribution in [0.1, 0.15) is 19.3 Å². The molecule has 0 aliphatic heterocycles. The molecular weight excluding hydrogens is 358 g/mol. The summed E-state index contributed by atoms with van der Waals surface area (Å²) in [6.07, 6.45) is 2.48. The Morgan fingerprint density at radius 1 is 1.12 bits per heavy atom. The van der Waals surface area contributed by atoms with E-state index in [-0.39, 0.29) is 24.0 Å². The number of hydrogen-bond donors (Lipinski definition) is 2. The Balaban J connectivity index is 1.86. The molecule has 4 atom stereocenters. The van der Waals surface area contributed by atoms with Gasteiger partial charge in [0.15, 0.2) is 0 Å². The first-order valence-electron chi connectivity index (χ1n) is 7.36. The molecule has 3 rings (SSSR count). The molecule has 1 aromatic rings. The molecule has 24 heavy (non-hydrogen) atoms. The molecule has 0 heterocycles. The van der Waals surface area contributed by atoms with Crippen LogP contribution in [0.15, 0.2) is 23.1 Å². The van der Waals surface area contributed by atoms with Crippen molar-refractivity contribution >= 4 is 21.8 Å². The number of benzene rings is 1. The quantitative estimate of drug-likeness (QED) is 0.747. The first-order valence-corrected chi connectivity index (χ1v) is 9.31. The zero-order chi connectivity index (χ0) is 18.0. The molecule has 136 valence electrons. The first-order chi connectivity index (χ1) is 10.8. The van der Waals surface area contributed by atoms with Crippen LogP contribution in [0.3, 0.4) is 0 Å². The van der Waals surface area contributed by atoms with E-state index in [2.05, 4.69) is 5.32 Å². The van der Waals surface area contributed by atoms with Crippen LogP contribution >= 0.6 is 10.2 Å². The highest BCUT2D eigenvalue weighted by molar-refractivity contribution is 8.45. The van der Waals surface area contributed by atoms with Crippen molar-refractivity contribution in [3.05, 3.63) is 24.0 Å². The monoisotopic (exact) mass is 374 g/mol. The molecule has 0 unspecified atom stereocenters. The topological polar surface area (TPSA) is 55.1 Å². The summed E-state index contributed by atoms with van der Waals surface area (Å²) in [6.45, 7) is 0. The number of fused-ring (bicyclic) bond motifs is 2. The summed E-state index contributed by atoms with van der Waals surface area (Å²) in [5.41, 5.74) is 5.44. The zero-order valence-corrected chi connectivity index (χ0v) is 13.1. The van der Waals surface area contributed by atoms with E-state index in [4.69, 9.17) is 5.73 Å². The summed E-state index contributed by atoms with van der Waals surface area (Å²) in [5, 5.41) is 2.17. The highest BCUT2D eigenvalue weighted by Gasteiger charge is 2.67. The Morgan fingerprint density at radius 2 is 1.75 bits per heavy atom. The fourth-order valence-electron chi connectivity index (χ4n) is 3.83. The summed E-state index contributed by atoms with van der Waals surface area (Å²) >= 11 is 0. The zero-order valence-electron chi connectivity index (χ0n) is 12.3. The van der Waals surface area contributed by atoms with Crippen molar-refractivity contribution in [3.8, 4) is 0 Å². The number of nitrogens with two attached hydrogens (primary N) is 1. The molecular formula is C14H16F6N2OS. The number of anilines is 1. The molecule has 0 radical (unpaired) electrons. The van der Waals surface area contributed by atoms with Gasteiger partial charge >= 0.3 is 10.2 Å². The van der Waals surface area contributed by atoms with Crippen molar-refractivity contribution in [2.45, 2.75) is 30.2 Å². The predicted molar refractivity (Wildman–Crippen MR) is 78.7 cm³/mol. The van der Waals surface area contributed by atoms with Crippen molar-refractivity contribution in [2.24, 2.45) is 23.5 Å². The number of hydrogen-bond acceptors (Lipinski definition) is 2. The van der Waals surface area contributed by atoms with Crippen molar-refractivity contribution in [3.63, 3.8) is 0 Å². The maximum Gasteiger partial charge on any atom is 0.313 e. The second kappa shape index (κ2) is 4.60. The van der Waals surface area contributed by atoms with E-state index in [1.165, 1.54) is 0 Å². The van der Waals surface area contributed by atoms with Crippen LogP contribution in [-0.4, -0.2) is 11.9 Å². The van der Waals surface area contributed by atoms with Gasteiger partial charge in [-0.3, -0.25) is 4.79 Å². The van der Waals surface area contributed by atoms with E-state index in [0.29, 0.717) is 0 Å². The number of rotatable bonds is 3. The van der Waals surface area contributed by atoms with Crippen LogP contribution in [0.5, 0.6) is 0 Å². The number of carbonyl (C=O) groups excluding carboxylic acids is 1. The van der Waals surface area contributed by atoms with Gasteiger partial charge in [-0.2, -0.15) is 0 Å². The van der Waals surface area contributed by atoms with Crippen LogP contribution in [0.2, 0.25) is 0 Å². The Hall–Kier alpha value is -1.42. The van der Waals surface area contributed by atoms with Gasteiger partial charge in [-0.15, -0.1) is 0 Å². The molecule has 0 saturated heterocycles. The lowest BCUT2D eigenvalue weighted by atomic mass is 9.84. The summed E-state index contributed by atoms with van der Waals surface area (Å²) in [5.74, 6) is -3.03. The van der Waals surface area contributed by atoms with Crippen LogP contribution in [0.25, 0.3) is 0 Å². The molecule has 2 fully saturated rings. The van der Waals surface area contributed by atoms with Crippen molar-refractivity contribution in [1.29, 1.82) is 0 Å². The molecule has 1 amide bonds. The number of halogens is 6. The summed E-state index contributed by atoms with van der Waals surface area (Å²) in [6, 6.07) is 0.620. The summed E-state index contributed by atoms with van der Waals surface area (Å²) < 4.78 is 77.5. The third-order valence-corrected chi connectivity index (χ3v) is 6.04. The normalized spacial score (nSPS) is 32.3. The minimum atomic E-state index is -10.2.